The lowest BCUT2D eigenvalue weighted by atomic mass is 10.3. The quantitative estimate of drug-likeness (QED) is 0.399. The number of rotatable bonds is 2. The van der Waals surface area contributed by atoms with Gasteiger partial charge in [0.15, 0.2) is 15.8 Å². The SMILES string of the molecule is CS(=O)(=O)c1ccc(O)c(N=C(N)N=C(N)N)c1. The van der Waals surface area contributed by atoms with Gasteiger partial charge in [-0.25, -0.2) is 13.4 Å². The van der Waals surface area contributed by atoms with E-state index in [1.165, 1.54) is 18.2 Å². The Morgan fingerprint density at radius 2 is 1.89 bits per heavy atom. The summed E-state index contributed by atoms with van der Waals surface area (Å²) < 4.78 is 22.7. The van der Waals surface area contributed by atoms with Gasteiger partial charge in [-0.2, -0.15) is 4.99 Å². The number of nitrogens with two attached hydrogens (primary N) is 3. The maximum Gasteiger partial charge on any atom is 0.223 e. The second kappa shape index (κ2) is 4.92. The molecule has 0 spiro atoms. The molecule has 0 bridgehead atoms. The molecule has 0 amide bonds. The van der Waals surface area contributed by atoms with Crippen molar-refractivity contribution in [3.63, 3.8) is 0 Å². The van der Waals surface area contributed by atoms with Crippen molar-refractivity contribution in [1.82, 2.24) is 0 Å². The Morgan fingerprint density at radius 1 is 1.28 bits per heavy atom. The van der Waals surface area contributed by atoms with E-state index in [1.54, 1.807) is 0 Å². The van der Waals surface area contributed by atoms with Crippen molar-refractivity contribution in [3.8, 4) is 5.75 Å². The van der Waals surface area contributed by atoms with Crippen molar-refractivity contribution in [2.45, 2.75) is 4.90 Å². The lowest BCUT2D eigenvalue weighted by Gasteiger charge is -2.03. The van der Waals surface area contributed by atoms with Crippen LogP contribution >= 0.6 is 0 Å². The van der Waals surface area contributed by atoms with Crippen LogP contribution in [0.15, 0.2) is 33.1 Å². The molecule has 0 radical (unpaired) electrons. The van der Waals surface area contributed by atoms with Crippen LogP contribution in [0.2, 0.25) is 0 Å². The molecule has 0 aliphatic rings. The van der Waals surface area contributed by atoms with Gasteiger partial charge < -0.3 is 22.3 Å². The van der Waals surface area contributed by atoms with E-state index in [4.69, 9.17) is 17.2 Å². The highest BCUT2D eigenvalue weighted by Crippen LogP contribution is 2.29. The molecule has 0 aliphatic carbocycles. The molecule has 18 heavy (non-hydrogen) atoms. The Morgan fingerprint density at radius 3 is 2.39 bits per heavy atom. The molecule has 1 aromatic rings. The molecule has 1 rings (SSSR count). The third kappa shape index (κ3) is 3.63. The van der Waals surface area contributed by atoms with Gasteiger partial charge in [-0.05, 0) is 18.2 Å². The molecule has 1 aromatic carbocycles. The van der Waals surface area contributed by atoms with Gasteiger partial charge in [-0.3, -0.25) is 0 Å². The first kappa shape index (κ1) is 13.8. The van der Waals surface area contributed by atoms with Crippen LogP contribution < -0.4 is 17.2 Å². The van der Waals surface area contributed by atoms with Gasteiger partial charge in [0.25, 0.3) is 0 Å². The van der Waals surface area contributed by atoms with Crippen molar-refractivity contribution in [2.75, 3.05) is 6.26 Å². The molecule has 7 N–H and O–H groups in total. The van der Waals surface area contributed by atoms with Gasteiger partial charge in [-0.15, -0.1) is 0 Å². The van der Waals surface area contributed by atoms with Crippen molar-refractivity contribution in [1.29, 1.82) is 0 Å². The van der Waals surface area contributed by atoms with E-state index in [2.05, 4.69) is 9.98 Å². The highest BCUT2D eigenvalue weighted by atomic mass is 32.2. The number of phenols is 1. The summed E-state index contributed by atoms with van der Waals surface area (Å²) in [6.45, 7) is 0. The summed E-state index contributed by atoms with van der Waals surface area (Å²) in [7, 11) is -3.41. The van der Waals surface area contributed by atoms with Crippen LogP contribution in [0.25, 0.3) is 0 Å². The van der Waals surface area contributed by atoms with E-state index in [9.17, 15) is 13.5 Å². The van der Waals surface area contributed by atoms with Crippen LogP contribution in [0.4, 0.5) is 5.69 Å². The predicted molar refractivity (Wildman–Crippen MR) is 68.3 cm³/mol. The van der Waals surface area contributed by atoms with Crippen molar-refractivity contribution < 1.29 is 13.5 Å². The molecule has 0 saturated carbocycles. The van der Waals surface area contributed by atoms with E-state index in [0.29, 0.717) is 0 Å². The maximum absolute atomic E-state index is 11.3. The lowest BCUT2D eigenvalue weighted by Crippen LogP contribution is -2.26. The molecule has 0 unspecified atom stereocenters. The van der Waals surface area contributed by atoms with Gasteiger partial charge in [0, 0.05) is 6.26 Å². The number of aliphatic imine (C=N–C) groups is 2. The van der Waals surface area contributed by atoms with E-state index >= 15 is 0 Å². The zero-order chi connectivity index (χ0) is 13.9. The van der Waals surface area contributed by atoms with Gasteiger partial charge in [-0.1, -0.05) is 0 Å². The fourth-order valence-electron chi connectivity index (χ4n) is 1.10. The normalized spacial score (nSPS) is 12.2. The monoisotopic (exact) mass is 271 g/mol. The second-order valence-corrected chi connectivity index (χ2v) is 5.45. The number of hydrogen-bond acceptors (Lipinski definition) is 4. The highest BCUT2D eigenvalue weighted by Gasteiger charge is 2.10. The number of guanidine groups is 2. The molecular weight excluding hydrogens is 258 g/mol. The van der Waals surface area contributed by atoms with Crippen LogP contribution in [-0.2, 0) is 9.84 Å². The minimum Gasteiger partial charge on any atom is -0.506 e. The largest absolute Gasteiger partial charge is 0.506 e. The summed E-state index contributed by atoms with van der Waals surface area (Å²) in [5.74, 6) is -0.831. The Balaban J connectivity index is 3.30. The number of aromatic hydroxyl groups is 1. The van der Waals surface area contributed by atoms with Crippen LogP contribution in [0, 0.1) is 0 Å². The summed E-state index contributed by atoms with van der Waals surface area (Å²) in [6, 6.07) is 3.61. The Bertz CT molecular complexity index is 617. The topological polar surface area (TPSA) is 157 Å². The number of benzene rings is 1. The fraction of sp³-hybridized carbons (Fsp3) is 0.111. The third-order valence-corrected chi connectivity index (χ3v) is 2.96. The molecule has 98 valence electrons. The molecule has 0 saturated heterocycles. The van der Waals surface area contributed by atoms with Crippen LogP contribution in [0.5, 0.6) is 5.75 Å². The highest BCUT2D eigenvalue weighted by molar-refractivity contribution is 7.90. The first-order valence-electron chi connectivity index (χ1n) is 4.67. The van der Waals surface area contributed by atoms with Crippen molar-refractivity contribution in [3.05, 3.63) is 18.2 Å². The Hall–Kier alpha value is -2.29. The Labute approximate surface area is 104 Å². The van der Waals surface area contributed by atoms with Gasteiger partial charge in [0.1, 0.15) is 11.4 Å². The van der Waals surface area contributed by atoms with Crippen LogP contribution in [-0.4, -0.2) is 31.7 Å². The van der Waals surface area contributed by atoms with Crippen LogP contribution in [0.1, 0.15) is 0 Å². The van der Waals surface area contributed by atoms with E-state index in [1.807, 2.05) is 0 Å². The Kier molecular flexibility index (Phi) is 3.76. The average Bonchev–Trinajstić information content (AvgIpc) is 2.18. The summed E-state index contributed by atoms with van der Waals surface area (Å²) in [5, 5.41) is 9.52. The second-order valence-electron chi connectivity index (χ2n) is 3.43. The number of sulfone groups is 1. The molecule has 0 heterocycles. The molecule has 0 aromatic heterocycles. The molecular formula is C9H13N5O3S. The fourth-order valence-corrected chi connectivity index (χ4v) is 1.75. The zero-order valence-corrected chi connectivity index (χ0v) is 10.3. The first-order valence-corrected chi connectivity index (χ1v) is 6.56. The van der Waals surface area contributed by atoms with Gasteiger partial charge >= 0.3 is 0 Å². The van der Waals surface area contributed by atoms with E-state index in [-0.39, 0.29) is 28.3 Å². The molecule has 0 fully saturated rings. The summed E-state index contributed by atoms with van der Waals surface area (Å²) in [4.78, 5) is 7.15. The van der Waals surface area contributed by atoms with Gasteiger partial charge in [0.2, 0.25) is 5.96 Å². The number of nitrogens with zero attached hydrogens (tertiary/aromatic N) is 2. The van der Waals surface area contributed by atoms with E-state index < -0.39 is 9.84 Å². The average molecular weight is 271 g/mol. The van der Waals surface area contributed by atoms with E-state index in [0.717, 1.165) is 6.26 Å². The lowest BCUT2D eigenvalue weighted by molar-refractivity contribution is 0.476. The third-order valence-electron chi connectivity index (χ3n) is 1.85. The summed E-state index contributed by atoms with van der Waals surface area (Å²) >= 11 is 0. The molecule has 0 atom stereocenters. The van der Waals surface area contributed by atoms with Crippen molar-refractivity contribution in [2.24, 2.45) is 27.2 Å². The minimum absolute atomic E-state index is 0.00319. The van der Waals surface area contributed by atoms with Crippen LogP contribution in [0.3, 0.4) is 0 Å². The van der Waals surface area contributed by atoms with Gasteiger partial charge in [0.05, 0.1) is 4.90 Å². The maximum atomic E-state index is 11.3. The standard InChI is InChI=1S/C9H13N5O3S/c1-18(16,17)5-2-3-7(15)6(4-5)13-9(12)14-8(10)11/h2-4,15H,1H3,(H6,10,11,12,13,14). The molecule has 9 heteroatoms. The summed E-state index contributed by atoms with van der Waals surface area (Å²) in [5.41, 5.74) is 15.5. The minimum atomic E-state index is -3.41. The molecule has 8 nitrogen and oxygen atoms in total. The summed E-state index contributed by atoms with van der Waals surface area (Å²) in [6.07, 6.45) is 1.03. The smallest absolute Gasteiger partial charge is 0.223 e. The predicted octanol–water partition coefficient (Wildman–Crippen LogP) is -0.985. The first-order chi connectivity index (χ1) is 8.20. The van der Waals surface area contributed by atoms with Crippen molar-refractivity contribution >= 4 is 27.4 Å². The molecule has 0 aliphatic heterocycles. The number of hydrogen-bond donors (Lipinski definition) is 4. The zero-order valence-electron chi connectivity index (χ0n) is 9.53. The number of phenolic OH excluding ortho intramolecular Hbond substituents is 1.